The van der Waals surface area contributed by atoms with Crippen LogP contribution < -0.4 is 10.1 Å². The number of anilines is 1. The summed E-state index contributed by atoms with van der Waals surface area (Å²) in [5.41, 5.74) is 3.26. The van der Waals surface area contributed by atoms with Crippen LogP contribution >= 0.6 is 0 Å². The van der Waals surface area contributed by atoms with E-state index in [0.717, 1.165) is 34.5 Å². The number of hydrogen-bond acceptors (Lipinski definition) is 5. The molecule has 0 radical (unpaired) electrons. The first kappa shape index (κ1) is 21.5. The molecule has 2 atom stereocenters. The minimum atomic E-state index is -4.47. The van der Waals surface area contributed by atoms with Gasteiger partial charge < -0.3 is 25.0 Å². The number of aromatic hydroxyl groups is 1. The molecule has 5 nitrogen and oxygen atoms in total. The Hall–Kier alpha value is -3.39. The van der Waals surface area contributed by atoms with Gasteiger partial charge in [-0.05, 0) is 48.4 Å². The monoisotopic (exact) mass is 457 g/mol. The van der Waals surface area contributed by atoms with Crippen molar-refractivity contribution in [3.8, 4) is 11.5 Å². The fourth-order valence-electron chi connectivity index (χ4n) is 4.58. The Kier molecular flexibility index (Phi) is 5.32. The van der Waals surface area contributed by atoms with Gasteiger partial charge in [-0.1, -0.05) is 12.1 Å². The molecule has 2 aromatic carbocycles. The van der Waals surface area contributed by atoms with Crippen LogP contribution in [-0.4, -0.2) is 36.1 Å². The number of nitrogens with one attached hydrogen (secondary N) is 1. The standard InChI is InChI=1S/C25H22F3NO4/c26-25(27,28)15-3-7-18-20-13-29-21-12-16(31)4-8-19(21)23(20)24(33-22(18)11-15)14-1-5-17(6-2-14)32-10-9-30/h1,3-8,11-12,14,24,29-31H,2,9-10,13H2/t14?,24-/m1/s1. The zero-order chi connectivity index (χ0) is 23.2. The van der Waals surface area contributed by atoms with E-state index in [9.17, 15) is 18.3 Å². The van der Waals surface area contributed by atoms with Gasteiger partial charge in [0.2, 0.25) is 0 Å². The van der Waals surface area contributed by atoms with Gasteiger partial charge in [-0.25, -0.2) is 0 Å². The maximum absolute atomic E-state index is 13.4. The summed E-state index contributed by atoms with van der Waals surface area (Å²) in [6, 6.07) is 8.64. The fourth-order valence-corrected chi connectivity index (χ4v) is 4.58. The first-order valence-corrected chi connectivity index (χ1v) is 10.7. The highest BCUT2D eigenvalue weighted by molar-refractivity contribution is 6.02. The number of alkyl halides is 3. The lowest BCUT2D eigenvalue weighted by Crippen LogP contribution is -2.34. The molecular formula is C25H22F3NO4. The third-order valence-electron chi connectivity index (χ3n) is 6.09. The second-order valence-corrected chi connectivity index (χ2v) is 8.16. The highest BCUT2D eigenvalue weighted by Gasteiger charge is 2.39. The van der Waals surface area contributed by atoms with Gasteiger partial charge >= 0.3 is 6.18 Å². The number of halogens is 3. The van der Waals surface area contributed by atoms with Gasteiger partial charge in [0.15, 0.2) is 0 Å². The largest absolute Gasteiger partial charge is 0.508 e. The topological polar surface area (TPSA) is 71.0 Å². The van der Waals surface area contributed by atoms with E-state index in [0.29, 0.717) is 24.3 Å². The molecule has 3 aliphatic rings. The zero-order valence-corrected chi connectivity index (χ0v) is 17.5. The Labute approximate surface area is 188 Å². The van der Waals surface area contributed by atoms with E-state index in [2.05, 4.69) is 5.32 Å². The van der Waals surface area contributed by atoms with Crippen molar-refractivity contribution >= 4 is 16.8 Å². The van der Waals surface area contributed by atoms with Crippen LogP contribution in [0.25, 0.3) is 11.1 Å². The third kappa shape index (κ3) is 3.95. The molecule has 3 N–H and O–H groups in total. The van der Waals surface area contributed by atoms with Crippen LogP contribution in [0.4, 0.5) is 18.9 Å². The van der Waals surface area contributed by atoms with Gasteiger partial charge in [0, 0.05) is 40.9 Å². The number of allylic oxidation sites excluding steroid dienone is 2. The first-order chi connectivity index (χ1) is 15.8. The lowest BCUT2D eigenvalue weighted by atomic mass is 9.78. The lowest BCUT2D eigenvalue weighted by molar-refractivity contribution is -0.137. The molecule has 0 spiro atoms. The molecule has 1 unspecified atom stereocenters. The summed E-state index contributed by atoms with van der Waals surface area (Å²) in [7, 11) is 0. The molecule has 8 heteroatoms. The van der Waals surface area contributed by atoms with E-state index in [1.54, 1.807) is 24.3 Å². The van der Waals surface area contributed by atoms with Crippen molar-refractivity contribution in [2.45, 2.75) is 18.7 Å². The molecule has 172 valence electrons. The number of fused-ring (bicyclic) bond motifs is 4. The van der Waals surface area contributed by atoms with Gasteiger partial charge in [-0.2, -0.15) is 13.2 Å². The summed E-state index contributed by atoms with van der Waals surface area (Å²) < 4.78 is 51.8. The number of aliphatic hydroxyl groups excluding tert-OH is 1. The summed E-state index contributed by atoms with van der Waals surface area (Å²) in [4.78, 5) is 0. The lowest BCUT2D eigenvalue weighted by Gasteiger charge is -2.39. The molecule has 1 aliphatic carbocycles. The fraction of sp³-hybridized carbons (Fsp3) is 0.280. The summed E-state index contributed by atoms with van der Waals surface area (Å²) in [5.74, 6) is 0.830. The van der Waals surface area contributed by atoms with Crippen molar-refractivity contribution in [2.24, 2.45) is 5.92 Å². The van der Waals surface area contributed by atoms with Crippen molar-refractivity contribution in [1.82, 2.24) is 0 Å². The molecule has 2 heterocycles. The molecule has 0 amide bonds. The van der Waals surface area contributed by atoms with Crippen LogP contribution in [0.2, 0.25) is 0 Å². The van der Waals surface area contributed by atoms with Gasteiger partial charge in [0.1, 0.15) is 30.0 Å². The number of phenols is 1. The Balaban J connectivity index is 1.58. The van der Waals surface area contributed by atoms with Crippen LogP contribution in [0.1, 0.15) is 23.1 Å². The molecule has 0 saturated heterocycles. The van der Waals surface area contributed by atoms with Crippen molar-refractivity contribution < 1.29 is 32.9 Å². The highest BCUT2D eigenvalue weighted by Crippen LogP contribution is 2.49. The Morgan fingerprint density at radius 3 is 2.67 bits per heavy atom. The molecule has 0 bridgehead atoms. The second-order valence-electron chi connectivity index (χ2n) is 8.16. The number of aliphatic hydroxyl groups is 1. The average molecular weight is 457 g/mol. The van der Waals surface area contributed by atoms with E-state index in [-0.39, 0.29) is 30.6 Å². The van der Waals surface area contributed by atoms with Crippen molar-refractivity contribution in [3.63, 3.8) is 0 Å². The molecule has 0 aromatic heterocycles. The van der Waals surface area contributed by atoms with E-state index in [1.807, 2.05) is 12.2 Å². The second kappa shape index (κ2) is 8.19. The van der Waals surface area contributed by atoms with Gasteiger partial charge in [0.25, 0.3) is 0 Å². The first-order valence-electron chi connectivity index (χ1n) is 10.7. The molecule has 2 aromatic rings. The smallest absolute Gasteiger partial charge is 0.416 e. The normalized spacial score (nSPS) is 21.3. The molecule has 0 saturated carbocycles. The van der Waals surface area contributed by atoms with Crippen molar-refractivity contribution in [1.29, 1.82) is 0 Å². The minimum absolute atomic E-state index is 0.0917. The summed E-state index contributed by atoms with van der Waals surface area (Å²) in [6.07, 6.45) is 1.20. The highest BCUT2D eigenvalue weighted by atomic mass is 19.4. The SMILES string of the molecule is OCCOC1=CCC([C@H]2Oc3cc(C(F)(F)F)ccc3C3=C2c2ccc(O)cc2NC3)C=C1. The minimum Gasteiger partial charge on any atom is -0.508 e. The predicted molar refractivity (Wildman–Crippen MR) is 118 cm³/mol. The van der Waals surface area contributed by atoms with Crippen molar-refractivity contribution in [3.05, 3.63) is 77.1 Å². The third-order valence-corrected chi connectivity index (χ3v) is 6.09. The van der Waals surface area contributed by atoms with Gasteiger partial charge in [0.05, 0.1) is 12.2 Å². The molecule has 33 heavy (non-hydrogen) atoms. The van der Waals surface area contributed by atoms with Gasteiger partial charge in [-0.3, -0.25) is 0 Å². The summed E-state index contributed by atoms with van der Waals surface area (Å²) >= 11 is 0. The average Bonchev–Trinajstić information content (AvgIpc) is 2.81. The molecule has 2 aliphatic heterocycles. The van der Waals surface area contributed by atoms with Gasteiger partial charge in [-0.15, -0.1) is 0 Å². The Bertz CT molecular complexity index is 1180. The van der Waals surface area contributed by atoms with Crippen LogP contribution in [0.5, 0.6) is 11.5 Å². The molecule has 0 fully saturated rings. The van der Waals surface area contributed by atoms with Crippen LogP contribution in [0.15, 0.2) is 60.4 Å². The van der Waals surface area contributed by atoms with Crippen LogP contribution in [0.3, 0.4) is 0 Å². The molecule has 5 rings (SSSR count). The zero-order valence-electron chi connectivity index (χ0n) is 17.5. The van der Waals surface area contributed by atoms with E-state index in [1.165, 1.54) is 6.07 Å². The Morgan fingerprint density at radius 1 is 1.12 bits per heavy atom. The Morgan fingerprint density at radius 2 is 1.94 bits per heavy atom. The summed E-state index contributed by atoms with van der Waals surface area (Å²) in [5, 5.41) is 22.2. The number of ether oxygens (including phenoxy) is 2. The van der Waals surface area contributed by atoms with Crippen LogP contribution in [0, 0.1) is 5.92 Å². The van der Waals surface area contributed by atoms with Crippen molar-refractivity contribution in [2.75, 3.05) is 25.1 Å². The molecular weight excluding hydrogens is 435 g/mol. The number of phenolic OH excluding ortho intramolecular Hbond substituents is 1. The maximum Gasteiger partial charge on any atom is 0.416 e. The number of hydrogen-bond donors (Lipinski definition) is 3. The number of benzene rings is 2. The quantitative estimate of drug-likeness (QED) is 0.604. The van der Waals surface area contributed by atoms with E-state index >= 15 is 0 Å². The van der Waals surface area contributed by atoms with E-state index in [4.69, 9.17) is 14.6 Å². The maximum atomic E-state index is 13.4. The van der Waals surface area contributed by atoms with Crippen LogP contribution in [-0.2, 0) is 10.9 Å². The number of rotatable bonds is 4. The predicted octanol–water partition coefficient (Wildman–Crippen LogP) is 4.98. The van der Waals surface area contributed by atoms with E-state index < -0.39 is 17.8 Å². The summed E-state index contributed by atoms with van der Waals surface area (Å²) in [6.45, 7) is 0.499.